The van der Waals surface area contributed by atoms with Gasteiger partial charge in [0.1, 0.15) is 18.2 Å². The summed E-state index contributed by atoms with van der Waals surface area (Å²) in [4.78, 5) is 4.89. The Labute approximate surface area is 163 Å². The Morgan fingerprint density at radius 3 is 2.82 bits per heavy atom. The second-order valence-corrected chi connectivity index (χ2v) is 9.00. The minimum Gasteiger partial charge on any atom is -0.507 e. The zero-order chi connectivity index (χ0) is 18.9. The molecule has 0 spiro atoms. The highest BCUT2D eigenvalue weighted by Gasteiger charge is 2.67. The van der Waals surface area contributed by atoms with Crippen LogP contribution in [0.25, 0.3) is 0 Å². The van der Waals surface area contributed by atoms with Gasteiger partial charge in [0.05, 0.1) is 32.4 Å². The fraction of sp³-hybridized carbons (Fsp3) is 0.700. The van der Waals surface area contributed by atoms with E-state index in [-0.39, 0.29) is 48.1 Å². The average Bonchev–Trinajstić information content (AvgIpc) is 3.40. The summed E-state index contributed by atoms with van der Waals surface area (Å²) < 4.78 is 17.9. The molecular formula is C20H25N3O5. The molecule has 1 aromatic rings. The van der Waals surface area contributed by atoms with Crippen molar-refractivity contribution in [2.24, 2.45) is 5.92 Å². The first-order chi connectivity index (χ1) is 13.6. The Kier molecular flexibility index (Phi) is 2.97. The lowest BCUT2D eigenvalue weighted by molar-refractivity contribution is -0.132. The fourth-order valence-corrected chi connectivity index (χ4v) is 7.19. The molecule has 28 heavy (non-hydrogen) atoms. The molecule has 150 valence electrons. The second kappa shape index (κ2) is 5.12. The SMILES string of the molecule is COc1c(C)c(O)c2c(c1O)[C@@H]1CO[C@@H]3[C@H]4C[C@@H]5[C@@H](N4)[C@H]([C@@H]2N2CCO[C@H]52)N31. The van der Waals surface area contributed by atoms with E-state index in [0.717, 1.165) is 24.1 Å². The van der Waals surface area contributed by atoms with E-state index >= 15 is 0 Å². The topological polar surface area (TPSA) is 86.7 Å². The molecule has 0 amide bonds. The molecule has 5 saturated heterocycles. The number of hydrogen-bond acceptors (Lipinski definition) is 8. The molecule has 5 fully saturated rings. The van der Waals surface area contributed by atoms with Gasteiger partial charge in [-0.1, -0.05) is 0 Å². The van der Waals surface area contributed by atoms with E-state index in [2.05, 4.69) is 15.1 Å². The zero-order valence-corrected chi connectivity index (χ0v) is 16.0. The Balaban J connectivity index is 1.54. The molecule has 1 aromatic carbocycles. The fourth-order valence-electron chi connectivity index (χ4n) is 7.19. The van der Waals surface area contributed by atoms with Crippen molar-refractivity contribution in [1.29, 1.82) is 0 Å². The molecular weight excluding hydrogens is 362 g/mol. The van der Waals surface area contributed by atoms with Gasteiger partial charge in [-0.25, -0.2) is 0 Å². The first kappa shape index (κ1) is 16.2. The van der Waals surface area contributed by atoms with E-state index in [4.69, 9.17) is 14.2 Å². The number of phenolic OH excluding ortho intramolecular Hbond substituents is 2. The standard InChI is InChI=1S/C20H25N3O5/c1-7-16(24)12-11(17(25)18(7)26-2)10-6-28-20-9-5-8-13(21-9)15(23(10)20)14(12)22-3-4-27-19(8)22/h8-10,13-15,19-21,24-25H,3-6H2,1-2H3/t8-,9-,10+,13-,14-,15-,19-,20-/m1/s1. The van der Waals surface area contributed by atoms with E-state index in [0.29, 0.717) is 36.5 Å². The van der Waals surface area contributed by atoms with Gasteiger partial charge in [0, 0.05) is 47.3 Å². The number of methoxy groups -OCH3 is 1. The van der Waals surface area contributed by atoms with Crippen LogP contribution in [-0.2, 0) is 9.47 Å². The van der Waals surface area contributed by atoms with Gasteiger partial charge in [-0.15, -0.1) is 0 Å². The van der Waals surface area contributed by atoms with Crippen molar-refractivity contribution in [2.75, 3.05) is 26.9 Å². The van der Waals surface area contributed by atoms with Crippen molar-refractivity contribution < 1.29 is 24.4 Å². The summed E-state index contributed by atoms with van der Waals surface area (Å²) in [6.07, 6.45) is 1.09. The third-order valence-electron chi connectivity index (χ3n) is 8.09. The largest absolute Gasteiger partial charge is 0.507 e. The lowest BCUT2D eigenvalue weighted by atomic mass is 9.73. The van der Waals surface area contributed by atoms with Crippen molar-refractivity contribution in [3.8, 4) is 17.2 Å². The predicted molar refractivity (Wildman–Crippen MR) is 97.2 cm³/mol. The van der Waals surface area contributed by atoms with Gasteiger partial charge in [-0.3, -0.25) is 9.80 Å². The van der Waals surface area contributed by atoms with Gasteiger partial charge >= 0.3 is 0 Å². The summed E-state index contributed by atoms with van der Waals surface area (Å²) in [6, 6.07) is 0.696. The molecule has 8 heteroatoms. The van der Waals surface area contributed by atoms with Crippen molar-refractivity contribution in [3.63, 3.8) is 0 Å². The van der Waals surface area contributed by atoms with Crippen LogP contribution in [0.4, 0.5) is 0 Å². The highest BCUT2D eigenvalue weighted by atomic mass is 16.5. The Hall–Kier alpha value is -1.58. The third kappa shape index (κ3) is 1.60. The smallest absolute Gasteiger partial charge is 0.167 e. The highest BCUT2D eigenvalue weighted by Crippen LogP contribution is 2.62. The van der Waals surface area contributed by atoms with Crippen LogP contribution < -0.4 is 10.1 Å². The number of nitrogens with one attached hydrogen (secondary N) is 1. The maximum absolute atomic E-state index is 11.3. The van der Waals surface area contributed by atoms with E-state index in [1.54, 1.807) is 0 Å². The number of piperazine rings is 1. The van der Waals surface area contributed by atoms with E-state index in [9.17, 15) is 10.2 Å². The molecule has 0 radical (unpaired) electrons. The summed E-state index contributed by atoms with van der Waals surface area (Å²) in [7, 11) is 1.54. The molecule has 0 aromatic heterocycles. The number of fused-ring (bicyclic) bond motifs is 8. The maximum Gasteiger partial charge on any atom is 0.167 e. The van der Waals surface area contributed by atoms with Crippen LogP contribution in [0.5, 0.6) is 17.2 Å². The number of hydrogen-bond donors (Lipinski definition) is 3. The lowest BCUT2D eigenvalue weighted by Crippen LogP contribution is -2.71. The summed E-state index contributed by atoms with van der Waals surface area (Å²) >= 11 is 0. The third-order valence-corrected chi connectivity index (χ3v) is 8.09. The summed E-state index contributed by atoms with van der Waals surface area (Å²) in [5.74, 6) is 1.17. The minimum absolute atomic E-state index is 0.000711. The van der Waals surface area contributed by atoms with E-state index < -0.39 is 0 Å². The van der Waals surface area contributed by atoms with Gasteiger partial charge in [0.25, 0.3) is 0 Å². The Bertz CT molecular complexity index is 893. The zero-order valence-electron chi connectivity index (χ0n) is 16.0. The minimum atomic E-state index is -0.0624. The van der Waals surface area contributed by atoms with Crippen molar-refractivity contribution in [2.45, 2.75) is 56.0 Å². The molecule has 7 rings (SSSR count). The average molecular weight is 387 g/mol. The van der Waals surface area contributed by atoms with Gasteiger partial charge in [-0.05, 0) is 13.3 Å². The summed E-state index contributed by atoms with van der Waals surface area (Å²) in [5, 5.41) is 26.3. The van der Waals surface area contributed by atoms with Gasteiger partial charge in [0.2, 0.25) is 0 Å². The van der Waals surface area contributed by atoms with Crippen LogP contribution >= 0.6 is 0 Å². The normalized spacial score (nSPS) is 45.2. The van der Waals surface area contributed by atoms with Crippen LogP contribution in [0.3, 0.4) is 0 Å². The number of nitrogens with zero attached hydrogens (tertiary/aromatic N) is 2. The van der Waals surface area contributed by atoms with E-state index in [1.807, 2.05) is 6.92 Å². The molecule has 6 aliphatic rings. The number of piperidine rings is 1. The first-order valence-corrected chi connectivity index (χ1v) is 10.3. The van der Waals surface area contributed by atoms with E-state index in [1.165, 1.54) is 7.11 Å². The van der Waals surface area contributed by atoms with Crippen LogP contribution in [0.2, 0.25) is 0 Å². The molecule has 0 aliphatic carbocycles. The molecule has 6 heterocycles. The van der Waals surface area contributed by atoms with Crippen LogP contribution in [0, 0.1) is 12.8 Å². The van der Waals surface area contributed by atoms with Crippen LogP contribution in [0.1, 0.15) is 35.2 Å². The Morgan fingerprint density at radius 2 is 2.00 bits per heavy atom. The number of rotatable bonds is 1. The summed E-state index contributed by atoms with van der Waals surface area (Å²) in [5.41, 5.74) is 2.20. The molecule has 6 aliphatic heterocycles. The van der Waals surface area contributed by atoms with Gasteiger partial charge in [0.15, 0.2) is 11.5 Å². The van der Waals surface area contributed by atoms with Crippen LogP contribution in [0.15, 0.2) is 0 Å². The van der Waals surface area contributed by atoms with Crippen molar-refractivity contribution in [3.05, 3.63) is 16.7 Å². The number of phenols is 2. The summed E-state index contributed by atoms with van der Waals surface area (Å²) in [6.45, 7) is 3.88. The number of aromatic hydroxyl groups is 2. The molecule has 0 saturated carbocycles. The molecule has 8 atom stereocenters. The van der Waals surface area contributed by atoms with Crippen molar-refractivity contribution >= 4 is 0 Å². The molecule has 0 unspecified atom stereocenters. The number of benzene rings is 1. The lowest BCUT2D eigenvalue weighted by Gasteiger charge is -2.57. The monoisotopic (exact) mass is 387 g/mol. The quantitative estimate of drug-likeness (QED) is 0.603. The molecule has 8 nitrogen and oxygen atoms in total. The number of ether oxygens (including phenoxy) is 3. The first-order valence-electron chi connectivity index (χ1n) is 10.3. The second-order valence-electron chi connectivity index (χ2n) is 9.00. The van der Waals surface area contributed by atoms with Crippen LogP contribution in [-0.4, -0.2) is 77.5 Å². The molecule has 2 bridgehead atoms. The maximum atomic E-state index is 11.3. The van der Waals surface area contributed by atoms with Gasteiger partial charge < -0.3 is 29.7 Å². The predicted octanol–water partition coefficient (Wildman–Crippen LogP) is 0.570. The highest BCUT2D eigenvalue weighted by molar-refractivity contribution is 5.65. The Morgan fingerprint density at radius 1 is 1.14 bits per heavy atom. The van der Waals surface area contributed by atoms with Gasteiger partial charge in [-0.2, -0.15) is 0 Å². The molecule has 3 N–H and O–H groups in total. The van der Waals surface area contributed by atoms with Crippen molar-refractivity contribution in [1.82, 2.24) is 15.1 Å².